The van der Waals surface area contributed by atoms with Gasteiger partial charge in [0.05, 0.1) is 30.1 Å². The van der Waals surface area contributed by atoms with E-state index in [1.54, 1.807) is 6.07 Å². The van der Waals surface area contributed by atoms with Gasteiger partial charge < -0.3 is 15.4 Å². The molecule has 0 radical (unpaired) electrons. The van der Waals surface area contributed by atoms with E-state index in [-0.39, 0.29) is 23.1 Å². The minimum absolute atomic E-state index is 0.113. The number of fused-ring (bicyclic) bond motifs is 1. The Morgan fingerprint density at radius 2 is 2.00 bits per heavy atom. The lowest BCUT2D eigenvalue weighted by molar-refractivity contribution is -0.114. The Morgan fingerprint density at radius 1 is 1.23 bits per heavy atom. The molecule has 1 aromatic carbocycles. The number of ether oxygens (including phenoxy) is 1. The first-order chi connectivity index (χ1) is 14.3. The Labute approximate surface area is 174 Å². The van der Waals surface area contributed by atoms with Gasteiger partial charge in [0.15, 0.2) is 9.84 Å². The fourth-order valence-electron chi connectivity index (χ4n) is 3.84. The maximum atomic E-state index is 12.8. The standard InChI is InChI=1S/C21H23N3O5S/c1-12(25)22-19-16(13-4-3-5-13)7-6-14-10-17(21(29-2)24-18(14)19)20(26)23-15-8-9-30(27,28)11-15/h6-10,13,15H,3-5,11H2,1-2H3,(H,22,25)(H,23,26)/t15-/m1/s1. The third kappa shape index (κ3) is 3.89. The molecular weight excluding hydrogens is 406 g/mol. The topological polar surface area (TPSA) is 114 Å². The first-order valence-corrected chi connectivity index (χ1v) is 11.5. The summed E-state index contributed by atoms with van der Waals surface area (Å²) in [5, 5.41) is 7.38. The Balaban J connectivity index is 1.74. The van der Waals surface area contributed by atoms with Crippen molar-refractivity contribution in [1.29, 1.82) is 0 Å². The molecule has 30 heavy (non-hydrogen) atoms. The van der Waals surface area contributed by atoms with Crippen molar-refractivity contribution in [2.75, 3.05) is 18.2 Å². The maximum absolute atomic E-state index is 12.8. The second kappa shape index (κ2) is 7.71. The van der Waals surface area contributed by atoms with Crippen LogP contribution >= 0.6 is 0 Å². The number of methoxy groups -OCH3 is 1. The molecule has 8 nitrogen and oxygen atoms in total. The van der Waals surface area contributed by atoms with Crippen molar-refractivity contribution in [1.82, 2.24) is 10.3 Å². The number of hydrogen-bond donors (Lipinski definition) is 2. The number of pyridine rings is 1. The smallest absolute Gasteiger partial charge is 0.257 e. The van der Waals surface area contributed by atoms with E-state index >= 15 is 0 Å². The minimum atomic E-state index is -3.28. The number of aromatic nitrogens is 1. The quantitative estimate of drug-likeness (QED) is 0.755. The fourth-order valence-corrected chi connectivity index (χ4v) is 5.07. The second-order valence-corrected chi connectivity index (χ2v) is 9.62. The minimum Gasteiger partial charge on any atom is -0.480 e. The predicted octanol–water partition coefficient (Wildman–Crippen LogP) is 2.51. The van der Waals surface area contributed by atoms with E-state index in [4.69, 9.17) is 4.74 Å². The predicted molar refractivity (Wildman–Crippen MR) is 113 cm³/mol. The van der Waals surface area contributed by atoms with Gasteiger partial charge in [0.2, 0.25) is 11.8 Å². The first-order valence-electron chi connectivity index (χ1n) is 9.78. The number of hydrogen-bond acceptors (Lipinski definition) is 6. The van der Waals surface area contributed by atoms with Crippen LogP contribution in [0.5, 0.6) is 5.88 Å². The van der Waals surface area contributed by atoms with Crippen LogP contribution in [0.25, 0.3) is 10.9 Å². The van der Waals surface area contributed by atoms with E-state index in [9.17, 15) is 18.0 Å². The van der Waals surface area contributed by atoms with Gasteiger partial charge in [-0.3, -0.25) is 9.59 Å². The van der Waals surface area contributed by atoms with E-state index in [1.807, 2.05) is 12.1 Å². The Morgan fingerprint density at radius 3 is 2.57 bits per heavy atom. The largest absolute Gasteiger partial charge is 0.480 e. The van der Waals surface area contributed by atoms with Crippen molar-refractivity contribution < 1.29 is 22.7 Å². The molecule has 2 heterocycles. The molecule has 1 atom stereocenters. The number of carbonyl (C=O) groups is 2. The first kappa shape index (κ1) is 20.3. The molecule has 9 heteroatoms. The third-order valence-electron chi connectivity index (χ3n) is 5.52. The zero-order valence-corrected chi connectivity index (χ0v) is 17.6. The molecule has 1 saturated carbocycles. The number of anilines is 1. The van der Waals surface area contributed by atoms with Gasteiger partial charge in [-0.2, -0.15) is 0 Å². The maximum Gasteiger partial charge on any atom is 0.257 e. The van der Waals surface area contributed by atoms with Gasteiger partial charge in [-0.25, -0.2) is 13.4 Å². The van der Waals surface area contributed by atoms with Crippen LogP contribution in [-0.4, -0.2) is 44.1 Å². The Hall–Kier alpha value is -2.94. The zero-order chi connectivity index (χ0) is 21.5. The summed E-state index contributed by atoms with van der Waals surface area (Å²) < 4.78 is 28.5. The van der Waals surface area contributed by atoms with Crippen LogP contribution in [0.1, 0.15) is 48.0 Å². The third-order valence-corrected chi connectivity index (χ3v) is 6.91. The summed E-state index contributed by atoms with van der Waals surface area (Å²) in [7, 11) is -1.87. The Kier molecular flexibility index (Phi) is 5.23. The highest BCUT2D eigenvalue weighted by atomic mass is 32.2. The molecular formula is C21H23N3O5S. The van der Waals surface area contributed by atoms with Crippen molar-refractivity contribution in [3.8, 4) is 5.88 Å². The molecule has 0 unspecified atom stereocenters. The molecule has 2 N–H and O–H groups in total. The SMILES string of the molecule is COc1nc2c(NC(C)=O)c(C3CCC3)ccc2cc1C(=O)N[C@@H]1C=CS(=O)(=O)C1. The van der Waals surface area contributed by atoms with Gasteiger partial charge in [0.1, 0.15) is 5.56 Å². The van der Waals surface area contributed by atoms with Crippen molar-refractivity contribution in [3.05, 3.63) is 40.8 Å². The molecule has 2 aliphatic rings. The van der Waals surface area contributed by atoms with Crippen molar-refractivity contribution in [2.24, 2.45) is 0 Å². The highest BCUT2D eigenvalue weighted by Gasteiger charge is 2.27. The lowest BCUT2D eigenvalue weighted by Crippen LogP contribution is -2.35. The average molecular weight is 429 g/mol. The van der Waals surface area contributed by atoms with Gasteiger partial charge in [0.25, 0.3) is 5.91 Å². The molecule has 2 aromatic rings. The number of sulfone groups is 1. The van der Waals surface area contributed by atoms with Crippen molar-refractivity contribution in [3.63, 3.8) is 0 Å². The summed E-state index contributed by atoms with van der Waals surface area (Å²) >= 11 is 0. The van der Waals surface area contributed by atoms with Gasteiger partial charge in [-0.1, -0.05) is 18.6 Å². The van der Waals surface area contributed by atoms with E-state index in [0.29, 0.717) is 22.5 Å². The molecule has 1 aliphatic carbocycles. The van der Waals surface area contributed by atoms with E-state index in [2.05, 4.69) is 15.6 Å². The number of nitrogens with one attached hydrogen (secondary N) is 2. The molecule has 0 saturated heterocycles. The van der Waals surface area contributed by atoms with Gasteiger partial charge in [-0.05, 0) is 36.5 Å². The van der Waals surface area contributed by atoms with Gasteiger partial charge in [-0.15, -0.1) is 0 Å². The van der Waals surface area contributed by atoms with E-state index in [0.717, 1.165) is 30.2 Å². The van der Waals surface area contributed by atoms with Crippen molar-refractivity contribution in [2.45, 2.75) is 38.1 Å². The molecule has 1 aromatic heterocycles. The number of nitrogens with zero attached hydrogens (tertiary/aromatic N) is 1. The summed E-state index contributed by atoms with van der Waals surface area (Å²) in [5.41, 5.74) is 2.45. The molecule has 1 fully saturated rings. The van der Waals surface area contributed by atoms with Crippen LogP contribution in [0.15, 0.2) is 29.7 Å². The Bertz CT molecular complexity index is 1170. The lowest BCUT2D eigenvalue weighted by Gasteiger charge is -2.28. The van der Waals surface area contributed by atoms with Crippen LogP contribution in [0.3, 0.4) is 0 Å². The number of rotatable bonds is 5. The summed E-state index contributed by atoms with van der Waals surface area (Å²) in [5.74, 6) is -0.346. The van der Waals surface area contributed by atoms with Crippen LogP contribution in [0.2, 0.25) is 0 Å². The van der Waals surface area contributed by atoms with Crippen LogP contribution < -0.4 is 15.4 Å². The summed E-state index contributed by atoms with van der Waals surface area (Å²) in [6, 6.07) is 4.91. The lowest BCUT2D eigenvalue weighted by atomic mass is 9.79. The molecule has 0 bridgehead atoms. The molecule has 2 amide bonds. The van der Waals surface area contributed by atoms with E-state index < -0.39 is 21.8 Å². The summed E-state index contributed by atoms with van der Waals surface area (Å²) in [4.78, 5) is 29.2. The molecule has 4 rings (SSSR count). The van der Waals surface area contributed by atoms with Gasteiger partial charge >= 0.3 is 0 Å². The monoisotopic (exact) mass is 429 g/mol. The highest BCUT2D eigenvalue weighted by molar-refractivity contribution is 7.94. The number of benzene rings is 1. The van der Waals surface area contributed by atoms with E-state index in [1.165, 1.54) is 20.1 Å². The normalized spacial score (nSPS) is 20.0. The van der Waals surface area contributed by atoms with Crippen LogP contribution in [0, 0.1) is 0 Å². The van der Waals surface area contributed by atoms with Crippen LogP contribution in [-0.2, 0) is 14.6 Å². The summed E-state index contributed by atoms with van der Waals surface area (Å²) in [6.45, 7) is 1.45. The number of amides is 2. The molecule has 1 aliphatic heterocycles. The van der Waals surface area contributed by atoms with Crippen LogP contribution in [0.4, 0.5) is 5.69 Å². The fraction of sp³-hybridized carbons (Fsp3) is 0.381. The number of carbonyl (C=O) groups excluding carboxylic acids is 2. The summed E-state index contributed by atoms with van der Waals surface area (Å²) in [6.07, 6.45) is 4.73. The molecule has 158 valence electrons. The van der Waals surface area contributed by atoms with Crippen molar-refractivity contribution >= 4 is 38.2 Å². The zero-order valence-electron chi connectivity index (χ0n) is 16.8. The molecule has 0 spiro atoms. The second-order valence-electron chi connectivity index (χ2n) is 7.69. The average Bonchev–Trinajstić information content (AvgIpc) is 2.99. The van der Waals surface area contributed by atoms with Gasteiger partial charge in [0, 0.05) is 17.7 Å². The highest BCUT2D eigenvalue weighted by Crippen LogP contribution is 2.42.